The van der Waals surface area contributed by atoms with Gasteiger partial charge in [-0.3, -0.25) is 19.1 Å². The molecule has 2 aliphatic carbocycles. The highest BCUT2D eigenvalue weighted by Crippen LogP contribution is 2.47. The number of benzene rings is 1. The van der Waals surface area contributed by atoms with Gasteiger partial charge in [0.2, 0.25) is 27.7 Å². The van der Waals surface area contributed by atoms with Crippen molar-refractivity contribution in [3.8, 4) is 17.4 Å². The Bertz CT molecular complexity index is 1900. The Labute approximate surface area is 302 Å². The van der Waals surface area contributed by atoms with Crippen molar-refractivity contribution in [2.45, 2.75) is 94.2 Å². The largest absolute Gasteiger partial charge is 0.493 e. The fourth-order valence-electron chi connectivity index (χ4n) is 7.45. The number of hydrogen-bond acceptors (Lipinski definition) is 10. The molecule has 7 atom stereocenters. The maximum absolute atomic E-state index is 14.4. The van der Waals surface area contributed by atoms with Gasteiger partial charge in [0.05, 0.1) is 25.5 Å². The van der Waals surface area contributed by atoms with Gasteiger partial charge in [-0.1, -0.05) is 26.0 Å². The maximum Gasteiger partial charge on any atom is 0.405 e. The molecule has 0 unspecified atom stereocenters. The second-order valence-electron chi connectivity index (χ2n) is 14.9. The van der Waals surface area contributed by atoms with E-state index in [1.807, 2.05) is 19.1 Å². The minimum atomic E-state index is -4.01. The number of nitrogens with zero attached hydrogens (tertiary/aromatic N) is 2. The van der Waals surface area contributed by atoms with Crippen LogP contribution in [-0.2, 0) is 24.4 Å². The second kappa shape index (κ2) is 14.1. The zero-order valence-electron chi connectivity index (χ0n) is 30.0. The van der Waals surface area contributed by atoms with Crippen LogP contribution in [0.5, 0.6) is 17.4 Å². The summed E-state index contributed by atoms with van der Waals surface area (Å²) in [5.41, 5.74) is -1.55. The molecule has 1 aromatic heterocycles. The number of fused-ring (bicyclic) bond motifs is 3. The number of hydrogen-bond donors (Lipinski definition) is 4. The molecule has 1 aromatic carbocycles. The lowest BCUT2D eigenvalue weighted by molar-refractivity contribution is -0.142. The number of ether oxygens (including phenoxy) is 3. The van der Waals surface area contributed by atoms with E-state index in [1.54, 1.807) is 38.2 Å². The van der Waals surface area contributed by atoms with Crippen molar-refractivity contribution in [1.29, 1.82) is 0 Å². The van der Waals surface area contributed by atoms with Crippen molar-refractivity contribution in [2.75, 3.05) is 20.8 Å². The highest BCUT2D eigenvalue weighted by Gasteiger charge is 2.63. The van der Waals surface area contributed by atoms with Crippen molar-refractivity contribution in [1.82, 2.24) is 25.2 Å². The van der Waals surface area contributed by atoms with Gasteiger partial charge in [-0.05, 0) is 80.9 Å². The molecular formula is C36H47N5O10S. The lowest BCUT2D eigenvalue weighted by Crippen LogP contribution is -2.59. The summed E-state index contributed by atoms with van der Waals surface area (Å²) in [6.07, 6.45) is 6.11. The Morgan fingerprint density at radius 3 is 2.48 bits per heavy atom. The number of nitrogens with one attached hydrogen (secondary N) is 3. The lowest BCUT2D eigenvalue weighted by Gasteiger charge is -2.32. The number of amides is 4. The fourth-order valence-corrected chi connectivity index (χ4v) is 8.77. The molecule has 0 spiro atoms. The number of carboxylic acid groups (broad SMARTS) is 1. The number of pyridine rings is 1. The van der Waals surface area contributed by atoms with Gasteiger partial charge in [0.1, 0.15) is 23.7 Å². The molecule has 282 valence electrons. The number of aromatic nitrogens is 1. The van der Waals surface area contributed by atoms with E-state index in [2.05, 4.69) is 20.3 Å². The Hall–Kier alpha value is -4.60. The summed E-state index contributed by atoms with van der Waals surface area (Å²) >= 11 is 0. The molecule has 15 nitrogen and oxygen atoms in total. The summed E-state index contributed by atoms with van der Waals surface area (Å²) in [6.45, 7) is 5.32. The molecule has 52 heavy (non-hydrogen) atoms. The van der Waals surface area contributed by atoms with Crippen molar-refractivity contribution in [2.24, 2.45) is 17.8 Å². The first-order chi connectivity index (χ1) is 24.6. The minimum Gasteiger partial charge on any atom is -0.493 e. The summed E-state index contributed by atoms with van der Waals surface area (Å²) in [5, 5.41) is 16.3. The average molecular weight is 742 g/mol. The summed E-state index contributed by atoms with van der Waals surface area (Å²) in [5.74, 6) is -1.70. The van der Waals surface area contributed by atoms with Gasteiger partial charge >= 0.3 is 6.09 Å². The maximum atomic E-state index is 14.4. The third-order valence-corrected chi connectivity index (χ3v) is 13.2. The molecule has 2 saturated carbocycles. The van der Waals surface area contributed by atoms with Crippen LogP contribution in [0.1, 0.15) is 65.7 Å². The summed E-state index contributed by atoms with van der Waals surface area (Å²) in [6, 6.07) is 2.92. The summed E-state index contributed by atoms with van der Waals surface area (Å²) < 4.78 is 44.7. The van der Waals surface area contributed by atoms with Crippen molar-refractivity contribution < 1.29 is 46.9 Å². The van der Waals surface area contributed by atoms with E-state index in [0.29, 0.717) is 42.6 Å². The number of allylic oxidation sites excluding steroid dienone is 1. The molecule has 3 fully saturated rings. The van der Waals surface area contributed by atoms with Crippen LogP contribution >= 0.6 is 0 Å². The van der Waals surface area contributed by atoms with Crippen LogP contribution in [0.3, 0.4) is 0 Å². The van der Waals surface area contributed by atoms with E-state index in [9.17, 15) is 32.7 Å². The summed E-state index contributed by atoms with van der Waals surface area (Å²) in [7, 11) is -0.976. The highest BCUT2D eigenvalue weighted by molar-refractivity contribution is 7.91. The Kier molecular flexibility index (Phi) is 10.1. The first-order valence-corrected chi connectivity index (χ1v) is 19.1. The molecular weight excluding hydrogens is 694 g/mol. The molecule has 16 heteroatoms. The van der Waals surface area contributed by atoms with Crippen LogP contribution in [0.25, 0.3) is 10.8 Å². The van der Waals surface area contributed by atoms with Crippen LogP contribution in [0, 0.1) is 17.8 Å². The van der Waals surface area contributed by atoms with Crippen LogP contribution in [-0.4, -0.2) is 96.5 Å². The van der Waals surface area contributed by atoms with Gasteiger partial charge in [0.25, 0.3) is 5.91 Å². The van der Waals surface area contributed by atoms with E-state index >= 15 is 0 Å². The van der Waals surface area contributed by atoms with Gasteiger partial charge in [-0.15, -0.1) is 0 Å². The Morgan fingerprint density at radius 2 is 1.81 bits per heavy atom. The first kappa shape index (κ1) is 37.2. The number of rotatable bonds is 8. The topological polar surface area (TPSA) is 203 Å². The monoisotopic (exact) mass is 741 g/mol. The molecule has 1 saturated heterocycles. The smallest absolute Gasteiger partial charge is 0.405 e. The second-order valence-corrected chi connectivity index (χ2v) is 17.1. The van der Waals surface area contributed by atoms with Gasteiger partial charge in [0.15, 0.2) is 11.5 Å². The van der Waals surface area contributed by atoms with Crippen molar-refractivity contribution in [3.63, 3.8) is 0 Å². The van der Waals surface area contributed by atoms with Crippen molar-refractivity contribution in [3.05, 3.63) is 36.5 Å². The molecule has 2 aliphatic heterocycles. The Balaban J connectivity index is 1.35. The first-order valence-electron chi connectivity index (χ1n) is 17.6. The predicted octanol–water partition coefficient (Wildman–Crippen LogP) is 3.12. The van der Waals surface area contributed by atoms with Crippen LogP contribution in [0.2, 0.25) is 0 Å². The standard InChI is InChI=1S/C36H47N5O10S/c1-20-8-6-7-9-23-18-36(23,33(44)40-52(47,48)35(3)11-12-35)39-30(42)26-16-24(19-41(26)32(43)29(21(2)14-20)38-34(45)46)51-31-25-17-28(50-5)27(49-4)15-22(25)10-13-37-31/h7,9-10,13,15,17,20-21,23-24,26,29,38H,6,8,11-12,14,16,18-19H2,1-5H3,(H,39,42)(H,40,44)(H,45,46)/t20-,21-,23-,24-,26+,29+,36-/m1/s1. The fraction of sp³-hybridized carbons (Fsp3) is 0.583. The lowest BCUT2D eigenvalue weighted by atomic mass is 9.88. The van der Waals surface area contributed by atoms with Gasteiger partial charge in [0, 0.05) is 23.9 Å². The molecule has 2 aromatic rings. The third-order valence-electron chi connectivity index (χ3n) is 11.0. The van der Waals surface area contributed by atoms with E-state index in [-0.39, 0.29) is 31.2 Å². The SMILES string of the molecule is COc1cc2ccnc(O[C@@H]3C[C@H]4C(=O)N[C@]5(C(=O)NS(=O)(=O)C6(C)CC6)C[C@H]5C=CCC[C@@H](C)C[C@@H](C)[C@H](NC(=O)O)C(=O)N4C3)c2cc1OC. The number of methoxy groups -OCH3 is 2. The zero-order chi connectivity index (χ0) is 37.6. The molecule has 0 radical (unpaired) electrons. The van der Waals surface area contributed by atoms with E-state index < -0.39 is 74.1 Å². The predicted molar refractivity (Wildman–Crippen MR) is 189 cm³/mol. The van der Waals surface area contributed by atoms with Gasteiger partial charge < -0.3 is 34.9 Å². The number of sulfonamides is 1. The molecule has 4 N–H and O–H groups in total. The molecule has 4 amide bonds. The van der Waals surface area contributed by atoms with Crippen LogP contribution < -0.4 is 29.6 Å². The third kappa shape index (κ3) is 7.21. The molecule has 6 rings (SSSR count). The van der Waals surface area contributed by atoms with Gasteiger partial charge in [-0.25, -0.2) is 18.2 Å². The highest BCUT2D eigenvalue weighted by atomic mass is 32.2. The average Bonchev–Trinajstić information content (AvgIpc) is 3.98. The van der Waals surface area contributed by atoms with E-state index in [0.717, 1.165) is 11.8 Å². The molecule has 4 aliphatic rings. The zero-order valence-corrected chi connectivity index (χ0v) is 30.8. The van der Waals surface area contributed by atoms with E-state index in [1.165, 1.54) is 19.1 Å². The molecule has 0 bridgehead atoms. The molecule has 3 heterocycles. The Morgan fingerprint density at radius 1 is 1.10 bits per heavy atom. The van der Waals surface area contributed by atoms with E-state index in [4.69, 9.17) is 14.2 Å². The number of carbonyl (C=O) groups is 4. The van der Waals surface area contributed by atoms with Gasteiger partial charge in [-0.2, -0.15) is 0 Å². The van der Waals surface area contributed by atoms with Crippen molar-refractivity contribution >= 4 is 44.6 Å². The van der Waals surface area contributed by atoms with Crippen LogP contribution in [0.15, 0.2) is 36.5 Å². The van der Waals surface area contributed by atoms with Crippen LogP contribution in [0.4, 0.5) is 4.79 Å². The summed E-state index contributed by atoms with van der Waals surface area (Å²) in [4.78, 5) is 60.2. The minimum absolute atomic E-state index is 0.0118. The normalized spacial score (nSPS) is 30.1. The number of carbonyl (C=O) groups excluding carboxylic acids is 3. The quantitative estimate of drug-likeness (QED) is 0.290.